The Hall–Kier alpha value is -2.35. The molecule has 3 aromatic rings. The molecule has 1 aliphatic rings. The lowest BCUT2D eigenvalue weighted by Gasteiger charge is -2.23. The standard InChI is InChI=1S/C23H24BN/c1-4-23(2,3)15-18-16-24(21-13-8-14-25-22(18)21)20-12-7-10-17-9-5-6-11-19(17)20/h5-14,16H,4,15H2,1-3H3. The van der Waals surface area contributed by atoms with Gasteiger partial charge in [-0.1, -0.05) is 87.2 Å². The van der Waals surface area contributed by atoms with Crippen molar-refractivity contribution in [2.75, 3.05) is 0 Å². The van der Waals surface area contributed by atoms with Crippen molar-refractivity contribution in [2.45, 2.75) is 33.6 Å². The van der Waals surface area contributed by atoms with Crippen molar-refractivity contribution in [1.29, 1.82) is 0 Å². The van der Waals surface area contributed by atoms with Crippen molar-refractivity contribution in [3.8, 4) is 0 Å². The number of hydrogen-bond acceptors (Lipinski definition) is 1. The van der Waals surface area contributed by atoms with Crippen LogP contribution in [0.2, 0.25) is 0 Å². The fourth-order valence-electron chi connectivity index (χ4n) is 3.87. The molecule has 25 heavy (non-hydrogen) atoms. The number of rotatable bonds is 4. The van der Waals surface area contributed by atoms with Crippen LogP contribution in [-0.4, -0.2) is 11.7 Å². The molecule has 0 N–H and O–H groups in total. The molecule has 2 aromatic carbocycles. The second kappa shape index (κ2) is 6.18. The van der Waals surface area contributed by atoms with E-state index in [1.165, 1.54) is 39.4 Å². The van der Waals surface area contributed by atoms with Gasteiger partial charge in [0.1, 0.15) is 0 Å². The number of aromatic nitrogens is 1. The van der Waals surface area contributed by atoms with Gasteiger partial charge in [-0.25, -0.2) is 0 Å². The molecule has 1 aromatic heterocycles. The Balaban J connectivity index is 1.86. The Morgan fingerprint density at radius 1 is 0.920 bits per heavy atom. The second-order valence-corrected chi connectivity index (χ2v) is 7.87. The van der Waals surface area contributed by atoms with E-state index in [-0.39, 0.29) is 0 Å². The summed E-state index contributed by atoms with van der Waals surface area (Å²) >= 11 is 0. The summed E-state index contributed by atoms with van der Waals surface area (Å²) in [6.45, 7) is 7.28. The summed E-state index contributed by atoms with van der Waals surface area (Å²) in [4.78, 5) is 4.75. The Kier molecular flexibility index (Phi) is 3.99. The van der Waals surface area contributed by atoms with Gasteiger partial charge in [0.05, 0.1) is 5.69 Å². The highest BCUT2D eigenvalue weighted by atomic mass is 14.7. The Morgan fingerprint density at radius 2 is 1.68 bits per heavy atom. The average molecular weight is 325 g/mol. The van der Waals surface area contributed by atoms with Gasteiger partial charge in [0, 0.05) is 6.20 Å². The highest BCUT2D eigenvalue weighted by Gasteiger charge is 2.32. The first-order valence-electron chi connectivity index (χ1n) is 9.23. The molecule has 0 fully saturated rings. The maximum Gasteiger partial charge on any atom is 0.237 e. The summed E-state index contributed by atoms with van der Waals surface area (Å²) in [6, 6.07) is 19.6. The summed E-state index contributed by atoms with van der Waals surface area (Å²) in [7, 11) is 0. The predicted molar refractivity (Wildman–Crippen MR) is 110 cm³/mol. The zero-order valence-electron chi connectivity index (χ0n) is 15.3. The zero-order chi connectivity index (χ0) is 17.4. The predicted octanol–water partition coefficient (Wildman–Crippen LogP) is 4.61. The molecule has 2 heteroatoms. The number of pyridine rings is 1. The number of fused-ring (bicyclic) bond motifs is 2. The molecule has 1 nitrogen and oxygen atoms in total. The summed E-state index contributed by atoms with van der Waals surface area (Å²) in [6.07, 6.45) is 4.18. The topological polar surface area (TPSA) is 12.9 Å². The largest absolute Gasteiger partial charge is 0.257 e. The molecule has 0 saturated carbocycles. The third kappa shape index (κ3) is 2.91. The van der Waals surface area contributed by atoms with E-state index >= 15 is 0 Å². The van der Waals surface area contributed by atoms with Crippen molar-refractivity contribution in [3.63, 3.8) is 0 Å². The number of benzene rings is 2. The number of nitrogens with zero attached hydrogens (tertiary/aromatic N) is 1. The molecule has 0 saturated heterocycles. The van der Waals surface area contributed by atoms with Gasteiger partial charge in [0.25, 0.3) is 0 Å². The van der Waals surface area contributed by atoms with E-state index in [2.05, 4.69) is 81.3 Å². The normalized spacial score (nSPS) is 13.9. The number of hydrogen-bond donors (Lipinski definition) is 0. The zero-order valence-corrected chi connectivity index (χ0v) is 15.3. The fourth-order valence-corrected chi connectivity index (χ4v) is 3.87. The van der Waals surface area contributed by atoms with Gasteiger partial charge in [-0.05, 0) is 39.7 Å². The molecule has 0 bridgehead atoms. The summed E-state index contributed by atoms with van der Waals surface area (Å²) in [5, 5.41) is 2.65. The van der Waals surface area contributed by atoms with Crippen LogP contribution in [0.25, 0.3) is 16.3 Å². The van der Waals surface area contributed by atoms with Crippen LogP contribution in [-0.2, 0) is 0 Å². The summed E-state index contributed by atoms with van der Waals surface area (Å²) in [5.41, 5.74) is 5.63. The minimum atomic E-state index is 0.300. The average Bonchev–Trinajstić information content (AvgIpc) is 2.99. The van der Waals surface area contributed by atoms with Crippen molar-refractivity contribution >= 4 is 34.0 Å². The Morgan fingerprint density at radius 3 is 2.52 bits per heavy atom. The summed E-state index contributed by atoms with van der Waals surface area (Å²) < 4.78 is 0. The van der Waals surface area contributed by atoms with E-state index in [9.17, 15) is 0 Å². The SMILES string of the molecule is CCC(C)(C)CC1=CB(c2cccc3ccccc23)c2cccnc21. The van der Waals surface area contributed by atoms with Crippen molar-refractivity contribution in [1.82, 2.24) is 4.98 Å². The third-order valence-electron chi connectivity index (χ3n) is 5.63. The van der Waals surface area contributed by atoms with Gasteiger partial charge in [-0.3, -0.25) is 4.98 Å². The van der Waals surface area contributed by atoms with Gasteiger partial charge in [-0.15, -0.1) is 0 Å². The van der Waals surface area contributed by atoms with E-state index in [1.807, 2.05) is 6.20 Å². The van der Waals surface area contributed by atoms with E-state index < -0.39 is 0 Å². The van der Waals surface area contributed by atoms with E-state index in [1.54, 1.807) is 0 Å². The van der Waals surface area contributed by atoms with Gasteiger partial charge in [0.2, 0.25) is 6.71 Å². The number of allylic oxidation sites excluding steroid dienone is 1. The van der Waals surface area contributed by atoms with E-state index in [0.717, 1.165) is 6.42 Å². The molecule has 0 amide bonds. The third-order valence-corrected chi connectivity index (χ3v) is 5.63. The minimum Gasteiger partial charge on any atom is -0.257 e. The molecule has 0 spiro atoms. The molecule has 0 radical (unpaired) electrons. The van der Waals surface area contributed by atoms with Crippen LogP contribution in [0.4, 0.5) is 0 Å². The Bertz CT molecular complexity index is 950. The first-order valence-corrected chi connectivity index (χ1v) is 9.23. The van der Waals surface area contributed by atoms with Crippen LogP contribution in [0.3, 0.4) is 0 Å². The first-order chi connectivity index (χ1) is 12.1. The van der Waals surface area contributed by atoms with Crippen LogP contribution in [0.1, 0.15) is 39.3 Å². The van der Waals surface area contributed by atoms with Gasteiger partial charge in [-0.2, -0.15) is 0 Å². The van der Waals surface area contributed by atoms with Crippen molar-refractivity contribution in [2.24, 2.45) is 5.41 Å². The van der Waals surface area contributed by atoms with Crippen LogP contribution < -0.4 is 10.9 Å². The highest BCUT2D eigenvalue weighted by molar-refractivity contribution is 6.93. The fraction of sp³-hybridized carbons (Fsp3) is 0.261. The molecular formula is C23H24BN. The molecular weight excluding hydrogens is 301 g/mol. The lowest BCUT2D eigenvalue weighted by molar-refractivity contribution is 0.362. The molecule has 0 aliphatic carbocycles. The molecule has 4 rings (SSSR count). The second-order valence-electron chi connectivity index (χ2n) is 7.87. The van der Waals surface area contributed by atoms with E-state index in [4.69, 9.17) is 4.98 Å². The monoisotopic (exact) mass is 325 g/mol. The van der Waals surface area contributed by atoms with Crippen LogP contribution in [0.15, 0.2) is 66.8 Å². The van der Waals surface area contributed by atoms with Gasteiger partial charge in [0.15, 0.2) is 0 Å². The highest BCUT2D eigenvalue weighted by Crippen LogP contribution is 2.34. The van der Waals surface area contributed by atoms with E-state index in [0.29, 0.717) is 12.1 Å². The minimum absolute atomic E-state index is 0.300. The molecule has 2 heterocycles. The van der Waals surface area contributed by atoms with Crippen molar-refractivity contribution in [3.05, 3.63) is 72.5 Å². The van der Waals surface area contributed by atoms with Gasteiger partial charge >= 0.3 is 0 Å². The lowest BCUT2D eigenvalue weighted by Crippen LogP contribution is -2.40. The lowest BCUT2D eigenvalue weighted by atomic mass is 9.42. The molecule has 0 atom stereocenters. The van der Waals surface area contributed by atoms with Crippen LogP contribution in [0, 0.1) is 5.41 Å². The quantitative estimate of drug-likeness (QED) is 0.639. The van der Waals surface area contributed by atoms with Crippen LogP contribution in [0.5, 0.6) is 0 Å². The molecule has 1 aliphatic heterocycles. The van der Waals surface area contributed by atoms with Crippen LogP contribution >= 0.6 is 0 Å². The Labute approximate surface area is 150 Å². The maximum absolute atomic E-state index is 4.75. The van der Waals surface area contributed by atoms with Gasteiger partial charge < -0.3 is 0 Å². The first kappa shape index (κ1) is 16.1. The molecule has 124 valence electrons. The summed E-state index contributed by atoms with van der Waals surface area (Å²) in [5.74, 6) is 2.46. The molecule has 0 unspecified atom stereocenters. The van der Waals surface area contributed by atoms with Crippen molar-refractivity contribution < 1.29 is 0 Å². The smallest absolute Gasteiger partial charge is 0.237 e. The maximum atomic E-state index is 4.75.